The molecule has 0 unspecified atom stereocenters. The van der Waals surface area contributed by atoms with E-state index < -0.39 is 0 Å². The number of hydrogen-bond donors (Lipinski definition) is 0. The third-order valence-corrected chi connectivity index (χ3v) is 6.24. The number of aromatic nitrogens is 3. The molecule has 0 radical (unpaired) electrons. The van der Waals surface area contributed by atoms with Crippen LogP contribution in [0.3, 0.4) is 0 Å². The quantitative estimate of drug-likeness (QED) is 0.590. The Labute approximate surface area is 187 Å². The number of nitrogens with zero attached hydrogens (tertiary/aromatic N) is 5. The Morgan fingerprint density at radius 1 is 1.06 bits per heavy atom. The molecule has 1 saturated carbocycles. The summed E-state index contributed by atoms with van der Waals surface area (Å²) in [5.41, 5.74) is 1.49. The SMILES string of the molecule is CC(C)(C)c1noc(N2CCC(N(C(=O)c3ccc(-c4cnco4)cc3)C3CC3)CC2)n1. The second-order valence-electron chi connectivity index (χ2n) is 9.76. The van der Waals surface area contributed by atoms with Gasteiger partial charge < -0.3 is 18.7 Å². The van der Waals surface area contributed by atoms with Gasteiger partial charge in [-0.05, 0) is 37.8 Å². The molecular formula is C24H29N5O3. The number of rotatable bonds is 5. The second-order valence-corrected chi connectivity index (χ2v) is 9.76. The lowest BCUT2D eigenvalue weighted by Crippen LogP contribution is -2.48. The van der Waals surface area contributed by atoms with Crippen molar-refractivity contribution in [2.75, 3.05) is 18.0 Å². The van der Waals surface area contributed by atoms with Crippen LogP contribution in [0.15, 0.2) is 45.8 Å². The highest BCUT2D eigenvalue weighted by Crippen LogP contribution is 2.34. The molecule has 1 aliphatic heterocycles. The van der Waals surface area contributed by atoms with E-state index >= 15 is 0 Å². The maximum absolute atomic E-state index is 13.4. The molecule has 168 valence electrons. The average Bonchev–Trinajstić information content (AvgIpc) is 3.26. The predicted octanol–water partition coefficient (Wildman–Crippen LogP) is 4.30. The third kappa shape index (κ3) is 4.13. The van der Waals surface area contributed by atoms with Crippen LogP contribution in [0.2, 0.25) is 0 Å². The van der Waals surface area contributed by atoms with Gasteiger partial charge in [0.2, 0.25) is 0 Å². The molecule has 2 fully saturated rings. The van der Waals surface area contributed by atoms with E-state index in [0.29, 0.717) is 23.4 Å². The summed E-state index contributed by atoms with van der Waals surface area (Å²) in [4.78, 5) is 26.2. The molecule has 0 spiro atoms. The Morgan fingerprint density at radius 2 is 1.75 bits per heavy atom. The molecule has 2 aliphatic rings. The molecule has 0 bridgehead atoms. The van der Waals surface area contributed by atoms with Crippen LogP contribution in [0.5, 0.6) is 0 Å². The molecule has 8 heteroatoms. The number of anilines is 1. The minimum Gasteiger partial charge on any atom is -0.444 e. The van der Waals surface area contributed by atoms with Gasteiger partial charge in [-0.2, -0.15) is 4.98 Å². The Bertz CT molecular complexity index is 1060. The number of hydrogen-bond acceptors (Lipinski definition) is 7. The summed E-state index contributed by atoms with van der Waals surface area (Å²) in [6.45, 7) is 7.83. The van der Waals surface area contributed by atoms with E-state index in [1.807, 2.05) is 24.3 Å². The predicted molar refractivity (Wildman–Crippen MR) is 119 cm³/mol. The van der Waals surface area contributed by atoms with Gasteiger partial charge in [-0.3, -0.25) is 4.79 Å². The summed E-state index contributed by atoms with van der Waals surface area (Å²) in [6, 6.07) is 8.77. The van der Waals surface area contributed by atoms with Crippen molar-refractivity contribution in [1.82, 2.24) is 20.0 Å². The maximum atomic E-state index is 13.4. The highest BCUT2D eigenvalue weighted by molar-refractivity contribution is 5.95. The van der Waals surface area contributed by atoms with Gasteiger partial charge in [-0.15, -0.1) is 0 Å². The van der Waals surface area contributed by atoms with E-state index in [0.717, 1.165) is 50.2 Å². The van der Waals surface area contributed by atoms with Crippen molar-refractivity contribution >= 4 is 11.9 Å². The summed E-state index contributed by atoms with van der Waals surface area (Å²) < 4.78 is 10.9. The zero-order valence-electron chi connectivity index (χ0n) is 18.8. The minimum absolute atomic E-state index is 0.114. The van der Waals surface area contributed by atoms with Crippen LogP contribution < -0.4 is 4.90 Å². The Hall–Kier alpha value is -3.16. The average molecular weight is 436 g/mol. The first-order valence-electron chi connectivity index (χ1n) is 11.3. The highest BCUT2D eigenvalue weighted by Gasteiger charge is 2.39. The molecule has 32 heavy (non-hydrogen) atoms. The molecule has 0 N–H and O–H groups in total. The van der Waals surface area contributed by atoms with Gasteiger partial charge in [0.1, 0.15) is 0 Å². The normalized spacial score (nSPS) is 17.5. The maximum Gasteiger partial charge on any atom is 0.324 e. The van der Waals surface area contributed by atoms with Crippen molar-refractivity contribution in [3.63, 3.8) is 0 Å². The molecule has 1 aliphatic carbocycles. The van der Waals surface area contributed by atoms with Crippen LogP contribution in [0.25, 0.3) is 11.3 Å². The smallest absolute Gasteiger partial charge is 0.324 e. The van der Waals surface area contributed by atoms with Crippen LogP contribution in [0, 0.1) is 0 Å². The highest BCUT2D eigenvalue weighted by atomic mass is 16.5. The zero-order valence-corrected chi connectivity index (χ0v) is 18.8. The molecule has 3 aromatic rings. The largest absolute Gasteiger partial charge is 0.444 e. The van der Waals surface area contributed by atoms with Crippen molar-refractivity contribution in [2.45, 2.75) is 64.0 Å². The first-order chi connectivity index (χ1) is 15.4. The van der Waals surface area contributed by atoms with Gasteiger partial charge in [-0.1, -0.05) is 38.1 Å². The van der Waals surface area contributed by atoms with Crippen LogP contribution in [0.1, 0.15) is 62.6 Å². The minimum atomic E-state index is -0.141. The van der Waals surface area contributed by atoms with E-state index in [2.05, 4.69) is 45.7 Å². The molecular weight excluding hydrogens is 406 g/mol. The fourth-order valence-electron chi connectivity index (χ4n) is 4.25. The van der Waals surface area contributed by atoms with Gasteiger partial charge in [0.15, 0.2) is 18.0 Å². The molecule has 1 aromatic carbocycles. The van der Waals surface area contributed by atoms with Crippen molar-refractivity contribution < 1.29 is 13.7 Å². The van der Waals surface area contributed by atoms with Crippen LogP contribution in [-0.4, -0.2) is 51.1 Å². The Balaban J connectivity index is 1.26. The molecule has 1 amide bonds. The number of carbonyl (C=O) groups is 1. The van der Waals surface area contributed by atoms with Crippen molar-refractivity contribution in [3.8, 4) is 11.3 Å². The number of oxazole rings is 1. The number of benzene rings is 1. The first-order valence-corrected chi connectivity index (χ1v) is 11.3. The molecule has 8 nitrogen and oxygen atoms in total. The van der Waals surface area contributed by atoms with Gasteiger partial charge in [0.25, 0.3) is 5.91 Å². The Kier molecular flexibility index (Phi) is 5.23. The number of carbonyl (C=O) groups excluding carboxylic acids is 1. The monoisotopic (exact) mass is 435 g/mol. The summed E-state index contributed by atoms with van der Waals surface area (Å²) >= 11 is 0. The molecule has 0 atom stereocenters. The second kappa shape index (κ2) is 8.07. The first kappa shape index (κ1) is 20.7. The fraction of sp³-hybridized carbons (Fsp3) is 0.500. The fourth-order valence-corrected chi connectivity index (χ4v) is 4.25. The van der Waals surface area contributed by atoms with Gasteiger partial charge in [0, 0.05) is 41.7 Å². The summed E-state index contributed by atoms with van der Waals surface area (Å²) in [5.74, 6) is 1.53. The molecule has 2 aromatic heterocycles. The summed E-state index contributed by atoms with van der Waals surface area (Å²) in [5, 5.41) is 4.15. The lowest BCUT2D eigenvalue weighted by molar-refractivity contribution is 0.0629. The topological polar surface area (TPSA) is 88.5 Å². The number of piperidine rings is 1. The van der Waals surface area contributed by atoms with Crippen LogP contribution in [-0.2, 0) is 5.41 Å². The summed E-state index contributed by atoms with van der Waals surface area (Å²) in [6.07, 6.45) is 7.04. The number of amides is 1. The molecule has 1 saturated heterocycles. The lowest BCUT2D eigenvalue weighted by Gasteiger charge is -2.38. The van der Waals surface area contributed by atoms with Crippen molar-refractivity contribution in [3.05, 3.63) is 48.2 Å². The van der Waals surface area contributed by atoms with Gasteiger partial charge in [-0.25, -0.2) is 4.98 Å². The summed E-state index contributed by atoms with van der Waals surface area (Å²) in [7, 11) is 0. The van der Waals surface area contributed by atoms with Gasteiger partial charge in [0.05, 0.1) is 6.20 Å². The van der Waals surface area contributed by atoms with Crippen LogP contribution in [0.4, 0.5) is 6.01 Å². The zero-order chi connectivity index (χ0) is 22.3. The van der Waals surface area contributed by atoms with Crippen LogP contribution >= 0.6 is 0 Å². The third-order valence-electron chi connectivity index (χ3n) is 6.24. The van der Waals surface area contributed by atoms with Gasteiger partial charge >= 0.3 is 6.01 Å². The van der Waals surface area contributed by atoms with E-state index in [1.54, 1.807) is 6.20 Å². The molecule has 5 rings (SSSR count). The van der Waals surface area contributed by atoms with Crippen molar-refractivity contribution in [2.24, 2.45) is 0 Å². The Morgan fingerprint density at radius 3 is 2.31 bits per heavy atom. The van der Waals surface area contributed by atoms with E-state index in [4.69, 9.17) is 8.94 Å². The molecule has 3 heterocycles. The van der Waals surface area contributed by atoms with E-state index in [1.165, 1.54) is 6.39 Å². The van der Waals surface area contributed by atoms with E-state index in [9.17, 15) is 4.79 Å². The lowest BCUT2D eigenvalue weighted by atomic mass is 9.96. The van der Waals surface area contributed by atoms with Crippen molar-refractivity contribution in [1.29, 1.82) is 0 Å². The standard InChI is InChI=1S/C24H29N5O3/c1-24(2,3)22-26-23(32-27-22)28-12-10-19(11-13-28)29(18-8-9-18)21(30)17-6-4-16(5-7-17)20-14-25-15-31-20/h4-7,14-15,18-19H,8-13H2,1-3H3. The van der Waals surface area contributed by atoms with E-state index in [-0.39, 0.29) is 17.4 Å².